The first kappa shape index (κ1) is 25.9. The van der Waals surface area contributed by atoms with E-state index in [4.69, 9.17) is 30.9 Å². The summed E-state index contributed by atoms with van der Waals surface area (Å²) in [6.07, 6.45) is 1.01. The van der Waals surface area contributed by atoms with Crippen molar-refractivity contribution >= 4 is 11.6 Å². The molecule has 3 aromatic rings. The second kappa shape index (κ2) is 13.3. The molecule has 1 aromatic heterocycles. The predicted octanol–water partition coefficient (Wildman–Crippen LogP) is 4.54. The second-order valence-corrected chi connectivity index (χ2v) is 8.32. The molecule has 1 N–H and O–H groups in total. The molecular weight excluding hydrogens is 454 g/mol. The van der Waals surface area contributed by atoms with Gasteiger partial charge in [0, 0.05) is 44.4 Å². The number of halogens is 1. The third kappa shape index (κ3) is 7.41. The van der Waals surface area contributed by atoms with Gasteiger partial charge in [0.1, 0.15) is 11.4 Å². The van der Waals surface area contributed by atoms with Gasteiger partial charge in [-0.1, -0.05) is 48.0 Å². The Kier molecular flexibility index (Phi) is 10.1. The normalized spacial score (nSPS) is 12.1. The van der Waals surface area contributed by atoms with Crippen LogP contribution in [0.5, 0.6) is 11.6 Å². The first-order chi connectivity index (χ1) is 16.5. The molecule has 0 aliphatic heterocycles. The molecular formula is C26H32ClN3O4. The molecule has 8 heteroatoms. The summed E-state index contributed by atoms with van der Waals surface area (Å²) in [4.78, 5) is 2.11. The molecule has 0 aliphatic rings. The lowest BCUT2D eigenvalue weighted by molar-refractivity contribution is 0.0193. The number of aliphatic hydroxyl groups excluding tert-OH is 1. The van der Waals surface area contributed by atoms with Crippen LogP contribution in [0.2, 0.25) is 5.02 Å². The third-order valence-electron chi connectivity index (χ3n) is 5.17. The van der Waals surface area contributed by atoms with Crippen LogP contribution in [0.3, 0.4) is 0 Å². The van der Waals surface area contributed by atoms with Crippen molar-refractivity contribution < 1.29 is 19.3 Å². The van der Waals surface area contributed by atoms with Crippen LogP contribution in [0.4, 0.5) is 0 Å². The van der Waals surface area contributed by atoms with Crippen LogP contribution in [0.1, 0.15) is 5.56 Å². The van der Waals surface area contributed by atoms with Gasteiger partial charge in [-0.3, -0.25) is 4.90 Å². The van der Waals surface area contributed by atoms with E-state index in [1.165, 1.54) is 0 Å². The summed E-state index contributed by atoms with van der Waals surface area (Å²) in [5.74, 6) is 1.29. The van der Waals surface area contributed by atoms with E-state index in [0.717, 1.165) is 16.8 Å². The average molecular weight is 486 g/mol. The lowest BCUT2D eigenvalue weighted by Gasteiger charge is -2.25. The quantitative estimate of drug-likeness (QED) is 0.267. The molecule has 1 unspecified atom stereocenters. The Morgan fingerprint density at radius 2 is 1.91 bits per heavy atom. The summed E-state index contributed by atoms with van der Waals surface area (Å²) in [5, 5.41) is 16.0. The summed E-state index contributed by atoms with van der Waals surface area (Å²) in [6, 6.07) is 17.2. The van der Waals surface area contributed by atoms with Crippen molar-refractivity contribution in [2.24, 2.45) is 7.05 Å². The van der Waals surface area contributed by atoms with Crippen LogP contribution in [0.25, 0.3) is 11.3 Å². The van der Waals surface area contributed by atoms with Gasteiger partial charge < -0.3 is 19.3 Å². The summed E-state index contributed by atoms with van der Waals surface area (Å²) < 4.78 is 18.8. The van der Waals surface area contributed by atoms with E-state index in [1.807, 2.05) is 49.5 Å². The van der Waals surface area contributed by atoms with Crippen LogP contribution in [0, 0.1) is 0 Å². The smallest absolute Gasteiger partial charge is 0.222 e. The molecule has 0 saturated carbocycles. The maximum atomic E-state index is 10.5. The Hall–Kier alpha value is -2.68. The highest BCUT2D eigenvalue weighted by molar-refractivity contribution is 6.30. The lowest BCUT2D eigenvalue weighted by atomic mass is 10.1. The van der Waals surface area contributed by atoms with Crippen LogP contribution in [-0.2, 0) is 23.1 Å². The Morgan fingerprint density at radius 1 is 1.18 bits per heavy atom. The molecule has 7 nitrogen and oxygen atoms in total. The molecule has 0 radical (unpaired) electrons. The fourth-order valence-corrected chi connectivity index (χ4v) is 3.71. The fraction of sp³-hybridized carbons (Fsp3) is 0.346. The van der Waals surface area contributed by atoms with Gasteiger partial charge in [-0.2, -0.15) is 5.10 Å². The number of ether oxygens (including phenoxy) is 3. The molecule has 0 aliphatic carbocycles. The number of aromatic nitrogens is 2. The van der Waals surface area contributed by atoms with E-state index in [9.17, 15) is 5.11 Å². The summed E-state index contributed by atoms with van der Waals surface area (Å²) in [7, 11) is 3.52. The Morgan fingerprint density at radius 3 is 2.59 bits per heavy atom. The van der Waals surface area contributed by atoms with Gasteiger partial charge in [0.15, 0.2) is 0 Å². The highest BCUT2D eigenvalue weighted by Crippen LogP contribution is 2.34. The Labute approximate surface area is 206 Å². The van der Waals surface area contributed by atoms with E-state index < -0.39 is 6.10 Å². The minimum absolute atomic E-state index is 0.224. The first-order valence-electron chi connectivity index (χ1n) is 11.1. The van der Waals surface area contributed by atoms with Crippen molar-refractivity contribution in [1.29, 1.82) is 0 Å². The molecule has 0 saturated heterocycles. The van der Waals surface area contributed by atoms with E-state index in [2.05, 4.69) is 11.5 Å². The molecule has 182 valence electrons. The standard InChI is InChI=1S/C26H32ClN3O4/c1-4-15-33-19-22(31)17-30(14-16-32-3)18-24-25(20-8-6-5-7-9-20)28-29(2)26(24)34-23-12-10-21(27)11-13-23/h4-13,22,31H,1,14-19H2,2-3H3. The Balaban J connectivity index is 1.92. The molecule has 0 amide bonds. The van der Waals surface area contributed by atoms with Gasteiger partial charge in [0.25, 0.3) is 0 Å². The van der Waals surface area contributed by atoms with Crippen LogP contribution in [-0.4, -0.2) is 65.9 Å². The van der Waals surface area contributed by atoms with Crippen LogP contribution >= 0.6 is 11.6 Å². The summed E-state index contributed by atoms with van der Waals surface area (Å²) >= 11 is 6.04. The minimum Gasteiger partial charge on any atom is -0.439 e. The molecule has 34 heavy (non-hydrogen) atoms. The number of methoxy groups -OCH3 is 1. The van der Waals surface area contributed by atoms with Gasteiger partial charge in [0.2, 0.25) is 5.88 Å². The zero-order valence-corrected chi connectivity index (χ0v) is 20.4. The maximum Gasteiger partial charge on any atom is 0.222 e. The number of rotatable bonds is 14. The largest absolute Gasteiger partial charge is 0.439 e. The van der Waals surface area contributed by atoms with E-state index in [1.54, 1.807) is 30.0 Å². The zero-order valence-electron chi connectivity index (χ0n) is 19.7. The van der Waals surface area contributed by atoms with Gasteiger partial charge in [0.05, 0.1) is 31.5 Å². The summed E-state index contributed by atoms with van der Waals surface area (Å²) in [6.45, 7) is 6.32. The van der Waals surface area contributed by atoms with E-state index in [0.29, 0.717) is 49.5 Å². The second-order valence-electron chi connectivity index (χ2n) is 7.89. The van der Waals surface area contributed by atoms with Crippen LogP contribution < -0.4 is 4.74 Å². The van der Waals surface area contributed by atoms with Crippen molar-refractivity contribution in [3.63, 3.8) is 0 Å². The topological polar surface area (TPSA) is 69.0 Å². The minimum atomic E-state index is -0.658. The number of aliphatic hydroxyl groups is 1. The van der Waals surface area contributed by atoms with Crippen molar-refractivity contribution in [2.75, 3.05) is 40.0 Å². The number of hydrogen-bond acceptors (Lipinski definition) is 6. The van der Waals surface area contributed by atoms with Gasteiger partial charge in [-0.25, -0.2) is 4.68 Å². The molecule has 0 spiro atoms. The van der Waals surface area contributed by atoms with Crippen molar-refractivity contribution in [3.05, 3.63) is 77.8 Å². The Bertz CT molecular complexity index is 1020. The average Bonchev–Trinajstić information content (AvgIpc) is 3.14. The zero-order chi connectivity index (χ0) is 24.3. The highest BCUT2D eigenvalue weighted by Gasteiger charge is 2.23. The molecule has 0 bridgehead atoms. The number of hydrogen-bond donors (Lipinski definition) is 1. The van der Waals surface area contributed by atoms with Crippen molar-refractivity contribution in [1.82, 2.24) is 14.7 Å². The number of aryl methyl sites for hydroxylation is 1. The molecule has 1 heterocycles. The van der Waals surface area contributed by atoms with Crippen molar-refractivity contribution in [3.8, 4) is 22.9 Å². The highest BCUT2D eigenvalue weighted by atomic mass is 35.5. The predicted molar refractivity (Wildman–Crippen MR) is 134 cm³/mol. The lowest BCUT2D eigenvalue weighted by Crippen LogP contribution is -2.36. The number of benzene rings is 2. The van der Waals surface area contributed by atoms with Crippen LogP contribution in [0.15, 0.2) is 67.3 Å². The SMILES string of the molecule is C=CCOCC(O)CN(CCOC)Cc1c(-c2ccccc2)nn(C)c1Oc1ccc(Cl)cc1. The van der Waals surface area contributed by atoms with Gasteiger partial charge in [-0.05, 0) is 24.3 Å². The monoisotopic (exact) mass is 485 g/mol. The molecule has 2 aromatic carbocycles. The third-order valence-corrected chi connectivity index (χ3v) is 5.42. The maximum absolute atomic E-state index is 10.5. The summed E-state index contributed by atoms with van der Waals surface area (Å²) in [5.41, 5.74) is 2.73. The molecule has 0 fully saturated rings. The molecule has 1 atom stereocenters. The van der Waals surface area contributed by atoms with E-state index in [-0.39, 0.29) is 6.61 Å². The van der Waals surface area contributed by atoms with Gasteiger partial charge in [-0.15, -0.1) is 6.58 Å². The van der Waals surface area contributed by atoms with E-state index >= 15 is 0 Å². The molecule has 3 rings (SSSR count). The fourth-order valence-electron chi connectivity index (χ4n) is 3.58. The van der Waals surface area contributed by atoms with Crippen molar-refractivity contribution in [2.45, 2.75) is 12.6 Å². The van der Waals surface area contributed by atoms with Gasteiger partial charge >= 0.3 is 0 Å². The first-order valence-corrected chi connectivity index (χ1v) is 11.5. The number of nitrogens with zero attached hydrogens (tertiary/aromatic N) is 3.